The first-order valence-electron chi connectivity index (χ1n) is 6.53. The maximum atomic E-state index is 12.1. The Bertz CT molecular complexity index is 555. The summed E-state index contributed by atoms with van der Waals surface area (Å²) in [5.74, 6) is -0.601. The van der Waals surface area contributed by atoms with Crippen LogP contribution in [0.1, 0.15) is 13.3 Å². The third-order valence-electron chi connectivity index (χ3n) is 2.61. The Morgan fingerprint density at radius 3 is 2.33 bits per heavy atom. The molecule has 0 saturated carbocycles. The average Bonchev–Trinajstić information content (AvgIpc) is 2.48. The Morgan fingerprint density at radius 2 is 1.81 bits per heavy atom. The number of rotatable bonds is 7. The predicted molar refractivity (Wildman–Crippen MR) is 80.7 cm³/mol. The molecule has 21 heavy (non-hydrogen) atoms. The number of carbonyl (C=O) groups excluding carboxylic acids is 2. The molecule has 0 aliphatic heterocycles. The van der Waals surface area contributed by atoms with Crippen molar-refractivity contribution >= 4 is 11.9 Å². The van der Waals surface area contributed by atoms with Gasteiger partial charge in [0.1, 0.15) is 5.75 Å². The van der Waals surface area contributed by atoms with E-state index in [0.29, 0.717) is 11.3 Å². The van der Waals surface area contributed by atoms with Crippen molar-refractivity contribution < 1.29 is 19.1 Å². The number of benzene rings is 1. The van der Waals surface area contributed by atoms with E-state index in [9.17, 15) is 9.59 Å². The van der Waals surface area contributed by atoms with Gasteiger partial charge in [-0.3, -0.25) is 4.79 Å². The SMILES string of the molecule is C=C/C(CC(=O)OCC)=C(\C=C)C(=O)Oc1ccccc1. The van der Waals surface area contributed by atoms with Crippen LogP contribution >= 0.6 is 0 Å². The van der Waals surface area contributed by atoms with Crippen LogP contribution in [0.4, 0.5) is 0 Å². The van der Waals surface area contributed by atoms with Crippen LogP contribution in [0.2, 0.25) is 0 Å². The fourth-order valence-corrected chi connectivity index (χ4v) is 1.64. The van der Waals surface area contributed by atoms with Gasteiger partial charge in [-0.25, -0.2) is 4.79 Å². The van der Waals surface area contributed by atoms with Gasteiger partial charge in [0.15, 0.2) is 0 Å². The quantitative estimate of drug-likeness (QED) is 0.334. The molecule has 0 aliphatic rings. The van der Waals surface area contributed by atoms with Gasteiger partial charge in [-0.05, 0) is 24.6 Å². The normalized spacial score (nSPS) is 11.1. The van der Waals surface area contributed by atoms with Gasteiger partial charge in [0.2, 0.25) is 0 Å². The molecule has 0 N–H and O–H groups in total. The Kier molecular flexibility index (Phi) is 6.68. The van der Waals surface area contributed by atoms with Crippen molar-refractivity contribution in [1.82, 2.24) is 0 Å². The van der Waals surface area contributed by atoms with E-state index in [0.717, 1.165) is 0 Å². The lowest BCUT2D eigenvalue weighted by Crippen LogP contribution is -2.14. The largest absolute Gasteiger partial charge is 0.466 e. The van der Waals surface area contributed by atoms with Crippen LogP contribution in [0, 0.1) is 0 Å². The predicted octanol–water partition coefficient (Wildman–Crippen LogP) is 3.21. The summed E-state index contributed by atoms with van der Waals surface area (Å²) in [6, 6.07) is 8.66. The Hall–Kier alpha value is -2.62. The highest BCUT2D eigenvalue weighted by Crippen LogP contribution is 2.17. The molecule has 0 amide bonds. The molecule has 0 saturated heterocycles. The molecule has 0 radical (unpaired) electrons. The second-order valence-corrected chi connectivity index (χ2v) is 4.03. The van der Waals surface area contributed by atoms with Crippen molar-refractivity contribution in [1.29, 1.82) is 0 Å². The minimum absolute atomic E-state index is 0.0530. The van der Waals surface area contributed by atoms with Crippen LogP contribution in [0.15, 0.2) is 66.8 Å². The number of carbonyl (C=O) groups is 2. The highest BCUT2D eigenvalue weighted by molar-refractivity contribution is 5.95. The molecule has 0 aromatic heterocycles. The molecule has 0 unspecified atom stereocenters. The van der Waals surface area contributed by atoms with Gasteiger partial charge in [0.25, 0.3) is 0 Å². The molecule has 0 fully saturated rings. The Labute approximate surface area is 124 Å². The van der Waals surface area contributed by atoms with Crippen LogP contribution in [0.25, 0.3) is 0 Å². The van der Waals surface area contributed by atoms with E-state index in [-0.39, 0.29) is 18.6 Å². The zero-order valence-corrected chi connectivity index (χ0v) is 12.0. The number of para-hydroxylation sites is 1. The van der Waals surface area contributed by atoms with Crippen LogP contribution in [0.3, 0.4) is 0 Å². The van der Waals surface area contributed by atoms with Crippen molar-refractivity contribution in [3.8, 4) is 5.75 Å². The van der Waals surface area contributed by atoms with E-state index in [1.54, 1.807) is 31.2 Å². The summed E-state index contributed by atoms with van der Waals surface area (Å²) < 4.78 is 10.1. The van der Waals surface area contributed by atoms with Gasteiger partial charge in [-0.15, -0.1) is 0 Å². The Balaban J connectivity index is 2.93. The first kappa shape index (κ1) is 16.4. The lowest BCUT2D eigenvalue weighted by molar-refractivity contribution is -0.142. The second-order valence-electron chi connectivity index (χ2n) is 4.03. The molecule has 4 nitrogen and oxygen atoms in total. The zero-order chi connectivity index (χ0) is 15.7. The molecule has 1 aromatic carbocycles. The summed E-state index contributed by atoms with van der Waals surface area (Å²) in [4.78, 5) is 23.7. The molecular weight excluding hydrogens is 268 g/mol. The van der Waals surface area contributed by atoms with Gasteiger partial charge < -0.3 is 9.47 Å². The zero-order valence-electron chi connectivity index (χ0n) is 12.0. The molecule has 1 aromatic rings. The molecule has 0 aliphatic carbocycles. The summed E-state index contributed by atoms with van der Waals surface area (Å²) >= 11 is 0. The first-order chi connectivity index (χ1) is 10.1. The lowest BCUT2D eigenvalue weighted by Gasteiger charge is -2.09. The number of hydrogen-bond acceptors (Lipinski definition) is 4. The van der Waals surface area contributed by atoms with Crippen LogP contribution in [-0.2, 0) is 14.3 Å². The molecule has 110 valence electrons. The van der Waals surface area contributed by atoms with Crippen molar-refractivity contribution in [2.45, 2.75) is 13.3 Å². The highest BCUT2D eigenvalue weighted by Gasteiger charge is 2.16. The van der Waals surface area contributed by atoms with Gasteiger partial charge >= 0.3 is 11.9 Å². The fraction of sp³-hybridized carbons (Fsp3) is 0.176. The average molecular weight is 286 g/mol. The summed E-state index contributed by atoms with van der Waals surface area (Å²) in [7, 11) is 0. The third kappa shape index (κ3) is 5.10. The van der Waals surface area contributed by atoms with E-state index in [4.69, 9.17) is 9.47 Å². The van der Waals surface area contributed by atoms with Gasteiger partial charge in [0, 0.05) is 0 Å². The van der Waals surface area contributed by atoms with Crippen molar-refractivity contribution in [3.05, 3.63) is 66.8 Å². The van der Waals surface area contributed by atoms with Crippen LogP contribution in [0.5, 0.6) is 5.75 Å². The molecule has 0 spiro atoms. The van der Waals surface area contributed by atoms with E-state index in [1.165, 1.54) is 12.2 Å². The third-order valence-corrected chi connectivity index (χ3v) is 2.61. The minimum Gasteiger partial charge on any atom is -0.466 e. The minimum atomic E-state index is -0.588. The summed E-state index contributed by atoms with van der Waals surface area (Å²) in [6.07, 6.45) is 2.73. The standard InChI is InChI=1S/C17H18O4/c1-4-13(12-16(18)20-6-3)15(5-2)17(19)21-14-10-8-7-9-11-14/h4-5,7-11H,1-2,6,12H2,3H3/b15-13-. The Morgan fingerprint density at radius 1 is 1.14 bits per heavy atom. The highest BCUT2D eigenvalue weighted by atomic mass is 16.5. The number of hydrogen-bond donors (Lipinski definition) is 0. The number of allylic oxidation sites excluding steroid dienone is 1. The molecule has 4 heteroatoms. The molecule has 0 heterocycles. The molecular formula is C17H18O4. The topological polar surface area (TPSA) is 52.6 Å². The lowest BCUT2D eigenvalue weighted by atomic mass is 10.1. The van der Waals surface area contributed by atoms with Crippen molar-refractivity contribution in [2.75, 3.05) is 6.61 Å². The maximum Gasteiger partial charge on any atom is 0.343 e. The maximum absolute atomic E-state index is 12.1. The van der Waals surface area contributed by atoms with Gasteiger partial charge in [-0.2, -0.15) is 0 Å². The molecule has 1 rings (SSSR count). The van der Waals surface area contributed by atoms with E-state index in [1.807, 2.05) is 6.07 Å². The number of esters is 2. The molecule has 0 atom stereocenters. The van der Waals surface area contributed by atoms with Crippen molar-refractivity contribution in [3.63, 3.8) is 0 Å². The van der Waals surface area contributed by atoms with E-state index < -0.39 is 11.9 Å². The summed E-state index contributed by atoms with van der Waals surface area (Å²) in [5.41, 5.74) is 0.617. The molecule has 0 bridgehead atoms. The van der Waals surface area contributed by atoms with Gasteiger partial charge in [0.05, 0.1) is 18.6 Å². The summed E-state index contributed by atoms with van der Waals surface area (Å²) in [6.45, 7) is 9.19. The monoisotopic (exact) mass is 286 g/mol. The van der Waals surface area contributed by atoms with Gasteiger partial charge in [-0.1, -0.05) is 43.5 Å². The summed E-state index contributed by atoms with van der Waals surface area (Å²) in [5, 5.41) is 0. The smallest absolute Gasteiger partial charge is 0.343 e. The van der Waals surface area contributed by atoms with Crippen molar-refractivity contribution in [2.24, 2.45) is 0 Å². The first-order valence-corrected chi connectivity index (χ1v) is 6.53. The van der Waals surface area contributed by atoms with E-state index in [2.05, 4.69) is 13.2 Å². The number of ether oxygens (including phenoxy) is 2. The second kappa shape index (κ2) is 8.53. The van der Waals surface area contributed by atoms with Crippen LogP contribution in [-0.4, -0.2) is 18.5 Å². The van der Waals surface area contributed by atoms with Crippen LogP contribution < -0.4 is 4.74 Å². The fourth-order valence-electron chi connectivity index (χ4n) is 1.64. The van der Waals surface area contributed by atoms with E-state index >= 15 is 0 Å².